The number of amides is 2. The summed E-state index contributed by atoms with van der Waals surface area (Å²) in [6.07, 6.45) is 10.0. The highest BCUT2D eigenvalue weighted by atomic mass is 16.3. The van der Waals surface area contributed by atoms with Crippen LogP contribution >= 0.6 is 0 Å². The standard InChI is InChI=1S/C16H25NO3/c18-12-16(8-2-1-3-9-16)17-13(19)10-15(11-14(17)20)6-4-5-7-15/h18H,1-12H2. The number of aliphatic hydroxyl groups excluding tert-OH is 1. The minimum absolute atomic E-state index is 0.0286. The first kappa shape index (κ1) is 14.1. The van der Waals surface area contributed by atoms with E-state index in [-0.39, 0.29) is 23.8 Å². The molecular weight excluding hydrogens is 254 g/mol. The monoisotopic (exact) mass is 279 g/mol. The van der Waals surface area contributed by atoms with Crippen LogP contribution < -0.4 is 0 Å². The minimum Gasteiger partial charge on any atom is -0.394 e. The molecule has 1 heterocycles. The molecule has 0 aromatic rings. The lowest BCUT2D eigenvalue weighted by molar-refractivity contribution is -0.165. The first-order valence-electron chi connectivity index (χ1n) is 8.08. The molecule has 2 aliphatic carbocycles. The van der Waals surface area contributed by atoms with Gasteiger partial charge in [-0.15, -0.1) is 0 Å². The van der Waals surface area contributed by atoms with Crippen LogP contribution in [-0.4, -0.2) is 34.0 Å². The molecule has 3 fully saturated rings. The van der Waals surface area contributed by atoms with Gasteiger partial charge in [-0.3, -0.25) is 14.5 Å². The van der Waals surface area contributed by atoms with Crippen molar-refractivity contribution in [3.05, 3.63) is 0 Å². The quantitative estimate of drug-likeness (QED) is 0.790. The average molecular weight is 279 g/mol. The van der Waals surface area contributed by atoms with Crippen molar-refractivity contribution in [3.63, 3.8) is 0 Å². The zero-order valence-corrected chi connectivity index (χ0v) is 12.2. The normalized spacial score (nSPS) is 29.1. The maximum Gasteiger partial charge on any atom is 0.230 e. The number of piperidine rings is 1. The van der Waals surface area contributed by atoms with Crippen LogP contribution in [0.25, 0.3) is 0 Å². The topological polar surface area (TPSA) is 57.6 Å². The summed E-state index contributed by atoms with van der Waals surface area (Å²) < 4.78 is 0. The molecule has 2 saturated carbocycles. The highest BCUT2D eigenvalue weighted by molar-refractivity contribution is 5.99. The Bertz CT molecular complexity index is 386. The van der Waals surface area contributed by atoms with Gasteiger partial charge in [-0.25, -0.2) is 0 Å². The molecule has 3 aliphatic rings. The highest BCUT2D eigenvalue weighted by Gasteiger charge is 2.51. The fraction of sp³-hybridized carbons (Fsp3) is 0.875. The third-order valence-electron chi connectivity index (χ3n) is 5.77. The van der Waals surface area contributed by atoms with Crippen molar-refractivity contribution in [1.29, 1.82) is 0 Å². The molecule has 0 aromatic carbocycles. The smallest absolute Gasteiger partial charge is 0.230 e. The van der Waals surface area contributed by atoms with Gasteiger partial charge >= 0.3 is 0 Å². The van der Waals surface area contributed by atoms with Gasteiger partial charge in [0.15, 0.2) is 0 Å². The van der Waals surface area contributed by atoms with Crippen LogP contribution in [0.4, 0.5) is 0 Å². The molecule has 4 heteroatoms. The van der Waals surface area contributed by atoms with Crippen molar-refractivity contribution in [2.75, 3.05) is 6.61 Å². The number of hydrogen-bond acceptors (Lipinski definition) is 3. The Labute approximate surface area is 120 Å². The van der Waals surface area contributed by atoms with Crippen LogP contribution in [0.15, 0.2) is 0 Å². The van der Waals surface area contributed by atoms with Gasteiger partial charge in [-0.05, 0) is 31.1 Å². The molecule has 112 valence electrons. The first-order chi connectivity index (χ1) is 9.61. The Hall–Kier alpha value is -0.900. The van der Waals surface area contributed by atoms with E-state index >= 15 is 0 Å². The maximum absolute atomic E-state index is 12.6. The van der Waals surface area contributed by atoms with E-state index in [1.807, 2.05) is 0 Å². The maximum atomic E-state index is 12.6. The Balaban J connectivity index is 1.83. The summed E-state index contributed by atoms with van der Waals surface area (Å²) in [5, 5.41) is 9.84. The molecule has 0 radical (unpaired) electrons. The number of imide groups is 1. The van der Waals surface area contributed by atoms with Crippen LogP contribution in [0.3, 0.4) is 0 Å². The summed E-state index contributed by atoms with van der Waals surface area (Å²) in [4.78, 5) is 26.7. The fourth-order valence-electron chi connectivity index (χ4n) is 4.67. The van der Waals surface area contributed by atoms with E-state index < -0.39 is 5.54 Å². The second-order valence-electron chi connectivity index (χ2n) is 7.13. The van der Waals surface area contributed by atoms with E-state index in [1.54, 1.807) is 0 Å². The second-order valence-corrected chi connectivity index (χ2v) is 7.13. The highest BCUT2D eigenvalue weighted by Crippen LogP contribution is 2.49. The van der Waals surface area contributed by atoms with E-state index in [9.17, 15) is 14.7 Å². The van der Waals surface area contributed by atoms with Crippen LogP contribution in [0.5, 0.6) is 0 Å². The molecule has 1 spiro atoms. The fourth-order valence-corrected chi connectivity index (χ4v) is 4.67. The summed E-state index contributed by atoms with van der Waals surface area (Å²) in [7, 11) is 0. The molecule has 1 saturated heterocycles. The predicted molar refractivity (Wildman–Crippen MR) is 74.9 cm³/mol. The van der Waals surface area contributed by atoms with Crippen LogP contribution in [-0.2, 0) is 9.59 Å². The van der Waals surface area contributed by atoms with Gasteiger partial charge in [-0.1, -0.05) is 32.1 Å². The SMILES string of the molecule is O=C1CC2(CCCC2)CC(=O)N1C1(CO)CCCCC1. The van der Waals surface area contributed by atoms with E-state index in [4.69, 9.17) is 0 Å². The van der Waals surface area contributed by atoms with Gasteiger partial charge in [-0.2, -0.15) is 0 Å². The summed E-state index contributed by atoms with van der Waals surface area (Å²) >= 11 is 0. The third-order valence-corrected chi connectivity index (χ3v) is 5.77. The summed E-state index contributed by atoms with van der Waals surface area (Å²) in [5.41, 5.74) is -0.636. The van der Waals surface area contributed by atoms with Crippen LogP contribution in [0, 0.1) is 5.41 Å². The molecular formula is C16H25NO3. The van der Waals surface area contributed by atoms with Crippen molar-refractivity contribution in [3.8, 4) is 0 Å². The molecule has 4 nitrogen and oxygen atoms in total. The Morgan fingerprint density at radius 2 is 1.35 bits per heavy atom. The van der Waals surface area contributed by atoms with Crippen LogP contribution in [0.1, 0.15) is 70.6 Å². The number of nitrogens with zero attached hydrogens (tertiary/aromatic N) is 1. The number of likely N-dealkylation sites (tertiary alicyclic amines) is 1. The van der Waals surface area contributed by atoms with Crippen LogP contribution in [0.2, 0.25) is 0 Å². The molecule has 2 amide bonds. The van der Waals surface area contributed by atoms with E-state index in [0.29, 0.717) is 12.8 Å². The number of carbonyl (C=O) groups excluding carboxylic acids is 2. The zero-order valence-electron chi connectivity index (χ0n) is 12.2. The molecule has 1 aliphatic heterocycles. The van der Waals surface area contributed by atoms with Crippen molar-refractivity contribution >= 4 is 11.8 Å². The Morgan fingerprint density at radius 1 is 0.850 bits per heavy atom. The van der Waals surface area contributed by atoms with E-state index in [1.165, 1.54) is 4.90 Å². The largest absolute Gasteiger partial charge is 0.394 e. The van der Waals surface area contributed by atoms with Gasteiger partial charge in [0.2, 0.25) is 11.8 Å². The van der Waals surface area contributed by atoms with Gasteiger partial charge in [0.25, 0.3) is 0 Å². The average Bonchev–Trinajstić information content (AvgIpc) is 2.86. The number of carbonyl (C=O) groups is 2. The number of hydrogen-bond donors (Lipinski definition) is 1. The molecule has 0 unspecified atom stereocenters. The lowest BCUT2D eigenvalue weighted by Gasteiger charge is -2.48. The second kappa shape index (κ2) is 5.14. The summed E-state index contributed by atoms with van der Waals surface area (Å²) in [6, 6.07) is 0. The van der Waals surface area contributed by atoms with Crippen molar-refractivity contribution < 1.29 is 14.7 Å². The third kappa shape index (κ3) is 2.18. The van der Waals surface area contributed by atoms with E-state index in [2.05, 4.69) is 0 Å². The predicted octanol–water partition coefficient (Wildman–Crippen LogP) is 2.39. The lowest BCUT2D eigenvalue weighted by Crippen LogP contribution is -2.61. The molecule has 0 atom stereocenters. The number of rotatable bonds is 2. The van der Waals surface area contributed by atoms with Gasteiger partial charge in [0.1, 0.15) is 0 Å². The molecule has 0 aromatic heterocycles. The van der Waals surface area contributed by atoms with Crippen molar-refractivity contribution in [2.45, 2.75) is 76.2 Å². The molecule has 0 bridgehead atoms. The minimum atomic E-state index is -0.591. The van der Waals surface area contributed by atoms with E-state index in [0.717, 1.165) is 57.8 Å². The molecule has 3 rings (SSSR count). The zero-order chi connectivity index (χ0) is 14.2. The van der Waals surface area contributed by atoms with Gasteiger partial charge < -0.3 is 5.11 Å². The van der Waals surface area contributed by atoms with Gasteiger partial charge in [0, 0.05) is 12.8 Å². The Kier molecular flexibility index (Phi) is 3.61. The molecule has 1 N–H and O–H groups in total. The van der Waals surface area contributed by atoms with Crippen molar-refractivity contribution in [2.24, 2.45) is 5.41 Å². The first-order valence-corrected chi connectivity index (χ1v) is 8.08. The lowest BCUT2D eigenvalue weighted by atomic mass is 9.73. The summed E-state index contributed by atoms with van der Waals surface area (Å²) in [6.45, 7) is -0.0719. The molecule has 20 heavy (non-hydrogen) atoms. The Morgan fingerprint density at radius 3 is 1.85 bits per heavy atom. The van der Waals surface area contributed by atoms with Gasteiger partial charge in [0.05, 0.1) is 12.1 Å². The summed E-state index contributed by atoms with van der Waals surface area (Å²) in [5.74, 6) is -0.0572. The number of aliphatic hydroxyl groups is 1. The van der Waals surface area contributed by atoms with Crippen molar-refractivity contribution in [1.82, 2.24) is 4.90 Å².